The van der Waals surface area contributed by atoms with E-state index in [2.05, 4.69) is 27.6 Å². The first kappa shape index (κ1) is 11.1. The van der Waals surface area contributed by atoms with Gasteiger partial charge in [-0.05, 0) is 24.7 Å². The second kappa shape index (κ2) is 4.65. The highest BCUT2D eigenvalue weighted by Crippen LogP contribution is 2.43. The molecule has 4 N–H and O–H groups in total. The Labute approximate surface area is 95.8 Å². The number of nitrogens with two attached hydrogens (primary N) is 1. The molecule has 1 aliphatic carbocycles. The van der Waals surface area contributed by atoms with Gasteiger partial charge in [0.25, 0.3) is 0 Å². The van der Waals surface area contributed by atoms with Gasteiger partial charge in [-0.2, -0.15) is 0 Å². The van der Waals surface area contributed by atoms with E-state index >= 15 is 0 Å². The Morgan fingerprint density at radius 1 is 1.38 bits per heavy atom. The van der Waals surface area contributed by atoms with Crippen molar-refractivity contribution in [2.24, 2.45) is 11.3 Å². The van der Waals surface area contributed by atoms with E-state index in [-0.39, 0.29) is 0 Å². The van der Waals surface area contributed by atoms with Crippen LogP contribution in [-0.4, -0.2) is 16.5 Å². The summed E-state index contributed by atoms with van der Waals surface area (Å²) in [6.07, 6.45) is 6.74. The molecule has 1 aromatic heterocycles. The number of nitrogens with zero attached hydrogens (tertiary/aromatic N) is 2. The van der Waals surface area contributed by atoms with Crippen molar-refractivity contribution < 1.29 is 0 Å². The molecule has 16 heavy (non-hydrogen) atoms. The van der Waals surface area contributed by atoms with Gasteiger partial charge >= 0.3 is 0 Å². The highest BCUT2D eigenvalue weighted by molar-refractivity contribution is 5.45. The Morgan fingerprint density at radius 2 is 2.12 bits per heavy atom. The number of nitrogens with one attached hydrogen (secondary N) is 2. The molecule has 0 spiro atoms. The van der Waals surface area contributed by atoms with Crippen LogP contribution in [0, 0.1) is 5.41 Å². The zero-order valence-electron chi connectivity index (χ0n) is 9.66. The normalized spacial score (nSPS) is 17.6. The lowest BCUT2D eigenvalue weighted by Crippen LogP contribution is -2.36. The van der Waals surface area contributed by atoms with Gasteiger partial charge in [0.05, 0.1) is 0 Å². The molecule has 0 saturated heterocycles. The summed E-state index contributed by atoms with van der Waals surface area (Å²) < 4.78 is 0. The monoisotopic (exact) mass is 221 g/mol. The topological polar surface area (TPSA) is 75.9 Å². The maximum atomic E-state index is 5.30. The molecule has 5 nitrogen and oxygen atoms in total. The molecule has 1 saturated carbocycles. The van der Waals surface area contributed by atoms with Crippen molar-refractivity contribution in [2.75, 3.05) is 17.3 Å². The molecule has 0 unspecified atom stereocenters. The maximum Gasteiger partial charge on any atom is 0.145 e. The standard InChI is InChI=1S/C11H19N5/c1-2-11(4-3-5-11)7-13-9-6-10(16-12)15-8-14-9/h6,8H,2-5,7,12H2,1H3,(H2,13,14,15,16). The first-order valence-electron chi connectivity index (χ1n) is 5.80. The van der Waals surface area contributed by atoms with E-state index in [1.807, 2.05) is 6.07 Å². The summed E-state index contributed by atoms with van der Waals surface area (Å²) in [5.41, 5.74) is 3.00. The first-order valence-corrected chi connectivity index (χ1v) is 5.80. The zero-order chi connectivity index (χ0) is 11.4. The van der Waals surface area contributed by atoms with Gasteiger partial charge in [-0.1, -0.05) is 13.3 Å². The Hall–Kier alpha value is -1.36. The van der Waals surface area contributed by atoms with Crippen molar-refractivity contribution in [1.29, 1.82) is 0 Å². The lowest BCUT2D eigenvalue weighted by molar-refractivity contribution is 0.145. The number of nitrogen functional groups attached to an aromatic ring is 1. The van der Waals surface area contributed by atoms with Gasteiger partial charge in [-0.25, -0.2) is 15.8 Å². The molecule has 2 rings (SSSR count). The molecule has 1 aromatic rings. The summed E-state index contributed by atoms with van der Waals surface area (Å²) in [6, 6.07) is 1.82. The predicted molar refractivity (Wildman–Crippen MR) is 64.9 cm³/mol. The number of hydrazine groups is 1. The number of aromatic nitrogens is 2. The smallest absolute Gasteiger partial charge is 0.145 e. The third-order valence-electron chi connectivity index (χ3n) is 3.62. The molecular formula is C11H19N5. The third-order valence-corrected chi connectivity index (χ3v) is 3.62. The third kappa shape index (κ3) is 2.24. The second-order valence-electron chi connectivity index (χ2n) is 4.49. The Kier molecular flexibility index (Phi) is 3.24. The van der Waals surface area contributed by atoms with Crippen molar-refractivity contribution in [1.82, 2.24) is 9.97 Å². The molecule has 1 aliphatic rings. The second-order valence-corrected chi connectivity index (χ2v) is 4.49. The fourth-order valence-corrected chi connectivity index (χ4v) is 2.14. The highest BCUT2D eigenvalue weighted by Gasteiger charge is 2.34. The maximum absolute atomic E-state index is 5.30. The largest absolute Gasteiger partial charge is 0.369 e. The molecule has 0 aromatic carbocycles. The predicted octanol–water partition coefficient (Wildman–Crippen LogP) is 1.75. The molecule has 1 fully saturated rings. The summed E-state index contributed by atoms with van der Waals surface area (Å²) in [5.74, 6) is 6.77. The minimum absolute atomic E-state index is 0.487. The first-order chi connectivity index (χ1) is 7.78. The van der Waals surface area contributed by atoms with E-state index in [1.54, 1.807) is 0 Å². The minimum Gasteiger partial charge on any atom is -0.369 e. The molecule has 1 heterocycles. The van der Waals surface area contributed by atoms with Crippen molar-refractivity contribution in [3.05, 3.63) is 12.4 Å². The number of hydrogen-bond donors (Lipinski definition) is 3. The van der Waals surface area contributed by atoms with Crippen LogP contribution in [0.1, 0.15) is 32.6 Å². The quantitative estimate of drug-likeness (QED) is 0.521. The van der Waals surface area contributed by atoms with E-state index in [4.69, 9.17) is 5.84 Å². The van der Waals surface area contributed by atoms with E-state index < -0.39 is 0 Å². The summed E-state index contributed by atoms with van der Waals surface area (Å²) >= 11 is 0. The van der Waals surface area contributed by atoms with Gasteiger partial charge < -0.3 is 10.7 Å². The van der Waals surface area contributed by atoms with E-state index in [9.17, 15) is 0 Å². The van der Waals surface area contributed by atoms with E-state index in [1.165, 1.54) is 32.0 Å². The van der Waals surface area contributed by atoms with Crippen LogP contribution in [-0.2, 0) is 0 Å². The molecule has 0 atom stereocenters. The molecular weight excluding hydrogens is 202 g/mol. The summed E-state index contributed by atoms with van der Waals surface area (Å²) in [6.45, 7) is 3.25. The van der Waals surface area contributed by atoms with Crippen LogP contribution >= 0.6 is 0 Å². The average Bonchev–Trinajstić information content (AvgIpc) is 2.29. The van der Waals surface area contributed by atoms with Crippen molar-refractivity contribution >= 4 is 11.6 Å². The molecule has 88 valence electrons. The highest BCUT2D eigenvalue weighted by atomic mass is 15.3. The zero-order valence-corrected chi connectivity index (χ0v) is 9.66. The fraction of sp³-hybridized carbons (Fsp3) is 0.636. The molecule has 0 bridgehead atoms. The minimum atomic E-state index is 0.487. The number of hydrogen-bond acceptors (Lipinski definition) is 5. The molecule has 0 radical (unpaired) electrons. The van der Waals surface area contributed by atoms with Crippen LogP contribution in [0.15, 0.2) is 12.4 Å². The van der Waals surface area contributed by atoms with Gasteiger partial charge in [0.15, 0.2) is 0 Å². The van der Waals surface area contributed by atoms with Crippen LogP contribution in [0.5, 0.6) is 0 Å². The van der Waals surface area contributed by atoms with Gasteiger partial charge in [0, 0.05) is 12.6 Å². The lowest BCUT2D eigenvalue weighted by Gasteiger charge is -2.41. The Balaban J connectivity index is 1.93. The van der Waals surface area contributed by atoms with Crippen LogP contribution in [0.25, 0.3) is 0 Å². The van der Waals surface area contributed by atoms with Crippen molar-refractivity contribution in [3.8, 4) is 0 Å². The molecule has 0 amide bonds. The van der Waals surface area contributed by atoms with Gasteiger partial charge in [0.2, 0.25) is 0 Å². The Bertz CT molecular complexity index is 342. The van der Waals surface area contributed by atoms with E-state index in [0.717, 1.165) is 12.4 Å². The number of anilines is 2. The fourth-order valence-electron chi connectivity index (χ4n) is 2.14. The van der Waals surface area contributed by atoms with Crippen LogP contribution < -0.4 is 16.6 Å². The molecule has 5 heteroatoms. The van der Waals surface area contributed by atoms with Crippen LogP contribution in [0.4, 0.5) is 11.6 Å². The summed E-state index contributed by atoms with van der Waals surface area (Å²) in [5, 5.41) is 3.37. The average molecular weight is 221 g/mol. The van der Waals surface area contributed by atoms with Gasteiger partial charge in [0.1, 0.15) is 18.0 Å². The van der Waals surface area contributed by atoms with Gasteiger partial charge in [-0.15, -0.1) is 0 Å². The summed E-state index contributed by atoms with van der Waals surface area (Å²) in [4.78, 5) is 8.13. The Morgan fingerprint density at radius 3 is 2.69 bits per heavy atom. The van der Waals surface area contributed by atoms with Crippen LogP contribution in [0.2, 0.25) is 0 Å². The SMILES string of the molecule is CCC1(CNc2cc(NN)ncn2)CCC1. The number of rotatable bonds is 5. The summed E-state index contributed by atoms with van der Waals surface area (Å²) in [7, 11) is 0. The van der Waals surface area contributed by atoms with Gasteiger partial charge in [-0.3, -0.25) is 0 Å². The van der Waals surface area contributed by atoms with Crippen LogP contribution in [0.3, 0.4) is 0 Å². The molecule has 0 aliphatic heterocycles. The van der Waals surface area contributed by atoms with E-state index in [0.29, 0.717) is 11.2 Å². The van der Waals surface area contributed by atoms with Crippen molar-refractivity contribution in [3.63, 3.8) is 0 Å². The lowest BCUT2D eigenvalue weighted by atomic mass is 9.67. The van der Waals surface area contributed by atoms with Crippen molar-refractivity contribution in [2.45, 2.75) is 32.6 Å².